The van der Waals surface area contributed by atoms with E-state index in [4.69, 9.17) is 0 Å². The Bertz CT molecular complexity index is 638. The van der Waals surface area contributed by atoms with Crippen LogP contribution >= 0.6 is 67.8 Å². The van der Waals surface area contributed by atoms with Crippen molar-refractivity contribution in [3.05, 3.63) is 21.8 Å². The second kappa shape index (κ2) is 9.96. The van der Waals surface area contributed by atoms with E-state index in [0.29, 0.717) is 18.4 Å². The predicted molar refractivity (Wildman–Crippen MR) is 111 cm³/mol. The molecule has 0 unspecified atom stereocenters. The van der Waals surface area contributed by atoms with E-state index in [1.807, 2.05) is 67.8 Å². The number of halogens is 3. The molecule has 1 aromatic rings. The average Bonchev–Trinajstić information content (AvgIpc) is 2.33. The van der Waals surface area contributed by atoms with Crippen molar-refractivity contribution in [2.24, 2.45) is 0 Å². The number of carbonyl (C=O) groups excluding carboxylic acids is 2. The third-order valence-electron chi connectivity index (χ3n) is 2.44. The Morgan fingerprint density at radius 1 is 1.00 bits per heavy atom. The van der Waals surface area contributed by atoms with Gasteiger partial charge in [-0.05, 0) is 67.8 Å². The summed E-state index contributed by atoms with van der Waals surface area (Å²) in [5.41, 5.74) is 1.26. The number of hydrogen-bond acceptors (Lipinski definition) is 3. The molecule has 0 fully saturated rings. The summed E-state index contributed by atoms with van der Waals surface area (Å²) in [7, 11) is 0. The molecule has 0 spiro atoms. The first-order valence-corrected chi connectivity index (χ1v) is 8.85. The van der Waals surface area contributed by atoms with Gasteiger partial charge in [0.25, 0.3) is 0 Å². The standard InChI is InChI=1S/C12H11I3N2O4.Na.H/c1-4(18)16-3-6-8(13)7(12(20)21)10(15)11(9(6)14)17-5(2)19;;/h3H2,1-2H3,(H,16,18)(H,17,19)(H,20,21);;. The second-order valence-corrected chi connectivity index (χ2v) is 7.30. The van der Waals surface area contributed by atoms with Crippen molar-refractivity contribution in [2.45, 2.75) is 20.4 Å². The molecule has 0 aliphatic carbocycles. The van der Waals surface area contributed by atoms with Crippen molar-refractivity contribution < 1.29 is 19.5 Å². The summed E-state index contributed by atoms with van der Waals surface area (Å²) in [5, 5.41) is 14.7. The van der Waals surface area contributed by atoms with Gasteiger partial charge in [0.2, 0.25) is 11.8 Å². The van der Waals surface area contributed by atoms with Crippen LogP contribution in [-0.4, -0.2) is 52.4 Å². The van der Waals surface area contributed by atoms with Gasteiger partial charge in [0, 0.05) is 33.1 Å². The van der Waals surface area contributed by atoms with Crippen LogP contribution in [0.3, 0.4) is 0 Å². The molecule has 0 radical (unpaired) electrons. The molecular weight excluding hydrogens is 640 g/mol. The molecule has 1 aromatic carbocycles. The Morgan fingerprint density at radius 3 is 1.95 bits per heavy atom. The quantitative estimate of drug-likeness (QED) is 0.344. The van der Waals surface area contributed by atoms with Crippen LogP contribution in [-0.2, 0) is 16.1 Å². The van der Waals surface area contributed by atoms with Crippen LogP contribution in [0.15, 0.2) is 0 Å². The van der Waals surface area contributed by atoms with Crippen LogP contribution in [0, 0.1) is 10.7 Å². The maximum atomic E-state index is 11.5. The van der Waals surface area contributed by atoms with E-state index in [0.717, 1.165) is 3.57 Å². The number of carboxylic acids is 1. The summed E-state index contributed by atoms with van der Waals surface area (Å²) in [6.45, 7) is 2.95. The molecule has 0 saturated heterocycles. The monoisotopic (exact) mass is 652 g/mol. The van der Waals surface area contributed by atoms with Crippen LogP contribution < -0.4 is 10.6 Å². The number of hydrogen-bond donors (Lipinski definition) is 3. The number of carboxylic acid groups (broad SMARTS) is 1. The molecular formula is C12H12I3N2NaO4. The van der Waals surface area contributed by atoms with Crippen LogP contribution in [0.1, 0.15) is 29.8 Å². The summed E-state index contributed by atoms with van der Waals surface area (Å²) in [6, 6.07) is 0. The number of benzene rings is 1. The van der Waals surface area contributed by atoms with Gasteiger partial charge in [-0.2, -0.15) is 0 Å². The van der Waals surface area contributed by atoms with Gasteiger partial charge in [0.05, 0.1) is 14.8 Å². The Labute approximate surface area is 190 Å². The molecule has 0 aliphatic rings. The summed E-state index contributed by atoms with van der Waals surface area (Å²) >= 11 is 5.90. The first kappa shape index (κ1) is 22.8. The van der Waals surface area contributed by atoms with Gasteiger partial charge in [0.15, 0.2) is 0 Å². The van der Waals surface area contributed by atoms with Crippen molar-refractivity contribution in [1.82, 2.24) is 5.32 Å². The van der Waals surface area contributed by atoms with Gasteiger partial charge in [-0.25, -0.2) is 4.79 Å². The number of carbonyl (C=O) groups is 3. The van der Waals surface area contributed by atoms with E-state index in [1.54, 1.807) is 0 Å². The number of aromatic carboxylic acids is 1. The fourth-order valence-electron chi connectivity index (χ4n) is 1.56. The van der Waals surface area contributed by atoms with Crippen molar-refractivity contribution in [3.8, 4) is 0 Å². The zero-order valence-corrected chi connectivity index (χ0v) is 17.5. The molecule has 2 amide bonds. The zero-order valence-electron chi connectivity index (χ0n) is 11.0. The van der Waals surface area contributed by atoms with Gasteiger partial charge >= 0.3 is 35.5 Å². The van der Waals surface area contributed by atoms with Crippen LogP contribution in [0.4, 0.5) is 5.69 Å². The Balaban J connectivity index is 0.00000441. The molecule has 10 heteroatoms. The molecule has 3 N–H and O–H groups in total. The second-order valence-electron chi connectivity index (χ2n) is 4.07. The number of amides is 2. The minimum absolute atomic E-state index is 0. The summed E-state index contributed by atoms with van der Waals surface area (Å²) in [4.78, 5) is 33.9. The molecule has 6 nitrogen and oxygen atoms in total. The molecule has 0 bridgehead atoms. The fraction of sp³-hybridized carbons (Fsp3) is 0.250. The van der Waals surface area contributed by atoms with Gasteiger partial charge in [-0.1, -0.05) is 0 Å². The number of nitrogens with one attached hydrogen (secondary N) is 2. The van der Waals surface area contributed by atoms with E-state index >= 15 is 0 Å². The van der Waals surface area contributed by atoms with Crippen molar-refractivity contribution in [3.63, 3.8) is 0 Å². The van der Waals surface area contributed by atoms with Gasteiger partial charge in [-0.3, -0.25) is 9.59 Å². The van der Waals surface area contributed by atoms with Crippen LogP contribution in [0.2, 0.25) is 0 Å². The third kappa shape index (κ3) is 5.72. The minimum atomic E-state index is -1.07. The van der Waals surface area contributed by atoms with Crippen LogP contribution in [0.25, 0.3) is 0 Å². The average molecular weight is 652 g/mol. The first-order chi connectivity index (χ1) is 9.66. The van der Waals surface area contributed by atoms with E-state index in [1.165, 1.54) is 13.8 Å². The normalized spacial score (nSPS) is 9.68. The van der Waals surface area contributed by atoms with Gasteiger partial charge < -0.3 is 15.7 Å². The van der Waals surface area contributed by atoms with Crippen LogP contribution in [0.5, 0.6) is 0 Å². The maximum absolute atomic E-state index is 11.5. The van der Waals surface area contributed by atoms with E-state index in [9.17, 15) is 19.5 Å². The predicted octanol–water partition coefficient (Wildman–Crippen LogP) is 2.14. The first-order valence-electron chi connectivity index (χ1n) is 5.61. The molecule has 1 rings (SSSR count). The Kier molecular flexibility index (Phi) is 10.3. The zero-order chi connectivity index (χ0) is 16.3. The topological polar surface area (TPSA) is 95.5 Å². The van der Waals surface area contributed by atoms with E-state index in [2.05, 4.69) is 10.6 Å². The van der Waals surface area contributed by atoms with Crippen molar-refractivity contribution in [2.75, 3.05) is 5.32 Å². The molecule has 0 saturated carbocycles. The van der Waals surface area contributed by atoms with E-state index < -0.39 is 5.97 Å². The Hall–Kier alpha value is 0.820. The summed E-state index contributed by atoms with van der Waals surface area (Å²) < 4.78 is 1.74. The van der Waals surface area contributed by atoms with Gasteiger partial charge in [0.1, 0.15) is 0 Å². The molecule has 22 heavy (non-hydrogen) atoms. The third-order valence-corrected chi connectivity index (χ3v) is 5.90. The van der Waals surface area contributed by atoms with Crippen molar-refractivity contribution >= 4 is 121 Å². The summed E-state index contributed by atoms with van der Waals surface area (Å²) in [6.07, 6.45) is 0. The summed E-state index contributed by atoms with van der Waals surface area (Å²) in [5.74, 6) is -1.57. The van der Waals surface area contributed by atoms with Gasteiger partial charge in [-0.15, -0.1) is 0 Å². The molecule has 0 aromatic heterocycles. The fourth-order valence-corrected chi connectivity index (χ4v) is 5.84. The molecule has 0 aliphatic heterocycles. The SMILES string of the molecule is CC(=O)NCc1c(I)c(NC(C)=O)c(I)c(C(=O)O)c1I.[NaH]. The number of rotatable bonds is 4. The molecule has 116 valence electrons. The molecule has 0 atom stereocenters. The molecule has 0 heterocycles. The Morgan fingerprint density at radius 2 is 1.55 bits per heavy atom. The van der Waals surface area contributed by atoms with E-state index in [-0.39, 0.29) is 53.5 Å². The number of anilines is 1. The van der Waals surface area contributed by atoms with Crippen molar-refractivity contribution in [1.29, 1.82) is 0 Å².